The van der Waals surface area contributed by atoms with Crippen LogP contribution in [0.25, 0.3) is 0 Å². The second kappa shape index (κ2) is 8.50. The van der Waals surface area contributed by atoms with Crippen molar-refractivity contribution in [3.05, 3.63) is 10.6 Å². The summed E-state index contributed by atoms with van der Waals surface area (Å²) in [5, 5.41) is 8.75. The molecule has 0 aliphatic heterocycles. The SMILES string of the molecule is CCCCOCCSc1nc(C)c(CC(=O)O)s1. The highest BCUT2D eigenvalue weighted by molar-refractivity contribution is 8.01. The molecule has 0 radical (unpaired) electrons. The molecule has 1 aromatic heterocycles. The maximum absolute atomic E-state index is 10.6. The van der Waals surface area contributed by atoms with E-state index >= 15 is 0 Å². The molecule has 102 valence electrons. The van der Waals surface area contributed by atoms with Gasteiger partial charge >= 0.3 is 5.97 Å². The van der Waals surface area contributed by atoms with Gasteiger partial charge in [-0.3, -0.25) is 4.79 Å². The van der Waals surface area contributed by atoms with Gasteiger partial charge in [-0.2, -0.15) is 0 Å². The van der Waals surface area contributed by atoms with E-state index in [1.807, 2.05) is 6.92 Å². The molecule has 1 heterocycles. The van der Waals surface area contributed by atoms with E-state index in [9.17, 15) is 4.79 Å². The van der Waals surface area contributed by atoms with Gasteiger partial charge in [-0.05, 0) is 13.3 Å². The smallest absolute Gasteiger partial charge is 0.308 e. The molecule has 0 bridgehead atoms. The van der Waals surface area contributed by atoms with Crippen LogP contribution in [0.1, 0.15) is 30.3 Å². The topological polar surface area (TPSA) is 59.4 Å². The summed E-state index contributed by atoms with van der Waals surface area (Å²) < 4.78 is 6.39. The fourth-order valence-corrected chi connectivity index (χ4v) is 3.45. The second-order valence-electron chi connectivity index (χ2n) is 3.87. The number of rotatable bonds is 9. The number of aromatic nitrogens is 1. The molecule has 0 saturated carbocycles. The Kier molecular flexibility index (Phi) is 7.31. The summed E-state index contributed by atoms with van der Waals surface area (Å²) in [6.45, 7) is 5.53. The Morgan fingerprint density at radius 3 is 2.94 bits per heavy atom. The van der Waals surface area contributed by atoms with E-state index in [2.05, 4.69) is 11.9 Å². The van der Waals surface area contributed by atoms with Crippen molar-refractivity contribution in [3.63, 3.8) is 0 Å². The maximum Gasteiger partial charge on any atom is 0.308 e. The predicted molar refractivity (Wildman–Crippen MR) is 74.6 cm³/mol. The molecule has 0 saturated heterocycles. The number of carboxylic acid groups (broad SMARTS) is 1. The lowest BCUT2D eigenvalue weighted by Crippen LogP contribution is -1.99. The van der Waals surface area contributed by atoms with Crippen molar-refractivity contribution in [2.75, 3.05) is 19.0 Å². The number of aryl methyl sites for hydroxylation is 1. The van der Waals surface area contributed by atoms with Crippen LogP contribution in [0.5, 0.6) is 0 Å². The molecular formula is C12H19NO3S2. The average Bonchev–Trinajstić information content (AvgIpc) is 2.64. The Hall–Kier alpha value is -0.590. The summed E-state index contributed by atoms with van der Waals surface area (Å²) in [4.78, 5) is 15.8. The van der Waals surface area contributed by atoms with Crippen LogP contribution in [0, 0.1) is 6.92 Å². The van der Waals surface area contributed by atoms with E-state index in [1.54, 1.807) is 11.8 Å². The number of thiazole rings is 1. The number of carbonyl (C=O) groups is 1. The molecule has 0 atom stereocenters. The molecule has 18 heavy (non-hydrogen) atoms. The van der Waals surface area contributed by atoms with Gasteiger partial charge in [0, 0.05) is 17.2 Å². The summed E-state index contributed by atoms with van der Waals surface area (Å²) in [6, 6.07) is 0. The molecule has 0 amide bonds. The Morgan fingerprint density at radius 1 is 1.50 bits per heavy atom. The fourth-order valence-electron chi connectivity index (χ4n) is 1.30. The first-order valence-electron chi connectivity index (χ1n) is 6.02. The number of nitrogens with zero attached hydrogens (tertiary/aromatic N) is 1. The van der Waals surface area contributed by atoms with Crippen molar-refractivity contribution >= 4 is 29.1 Å². The van der Waals surface area contributed by atoms with Gasteiger partial charge in [0.15, 0.2) is 0 Å². The van der Waals surface area contributed by atoms with E-state index in [4.69, 9.17) is 9.84 Å². The second-order valence-corrected chi connectivity index (χ2v) is 6.30. The normalized spacial score (nSPS) is 10.8. The van der Waals surface area contributed by atoms with E-state index < -0.39 is 5.97 Å². The molecule has 0 aliphatic carbocycles. The minimum Gasteiger partial charge on any atom is -0.481 e. The van der Waals surface area contributed by atoms with E-state index in [0.29, 0.717) is 0 Å². The lowest BCUT2D eigenvalue weighted by Gasteiger charge is -2.01. The number of aliphatic carboxylic acids is 1. The van der Waals surface area contributed by atoms with Crippen LogP contribution in [0.4, 0.5) is 0 Å². The van der Waals surface area contributed by atoms with Gasteiger partial charge in [0.1, 0.15) is 4.34 Å². The third-order valence-corrected chi connectivity index (χ3v) is 4.54. The molecule has 0 aliphatic rings. The van der Waals surface area contributed by atoms with Gasteiger partial charge in [0.05, 0.1) is 18.7 Å². The largest absolute Gasteiger partial charge is 0.481 e. The molecule has 1 N–H and O–H groups in total. The Bertz CT molecular complexity index is 379. The molecule has 0 aromatic carbocycles. The summed E-state index contributed by atoms with van der Waals surface area (Å²) in [5.41, 5.74) is 0.830. The molecule has 0 unspecified atom stereocenters. The van der Waals surface area contributed by atoms with Gasteiger partial charge < -0.3 is 9.84 Å². The van der Waals surface area contributed by atoms with Crippen LogP contribution in [0.3, 0.4) is 0 Å². The molecular weight excluding hydrogens is 270 g/mol. The van der Waals surface area contributed by atoms with Crippen LogP contribution in [0.15, 0.2) is 4.34 Å². The number of hydrogen-bond acceptors (Lipinski definition) is 5. The third-order valence-electron chi connectivity index (χ3n) is 2.28. The number of ether oxygens (including phenoxy) is 1. The summed E-state index contributed by atoms with van der Waals surface area (Å²) >= 11 is 3.10. The fraction of sp³-hybridized carbons (Fsp3) is 0.667. The van der Waals surface area contributed by atoms with Gasteiger partial charge in [-0.15, -0.1) is 11.3 Å². The van der Waals surface area contributed by atoms with Crippen molar-refractivity contribution in [1.29, 1.82) is 0 Å². The van der Waals surface area contributed by atoms with Gasteiger partial charge in [-0.25, -0.2) is 4.98 Å². The monoisotopic (exact) mass is 289 g/mol. The molecule has 6 heteroatoms. The Balaban J connectivity index is 2.28. The summed E-state index contributed by atoms with van der Waals surface area (Å²) in [6.07, 6.45) is 2.32. The van der Waals surface area contributed by atoms with Crippen LogP contribution in [-0.2, 0) is 16.0 Å². The van der Waals surface area contributed by atoms with Crippen molar-refractivity contribution in [1.82, 2.24) is 4.98 Å². The summed E-state index contributed by atoms with van der Waals surface area (Å²) in [7, 11) is 0. The Labute approximate surface area is 116 Å². The number of hydrogen-bond donors (Lipinski definition) is 1. The first kappa shape index (κ1) is 15.5. The highest BCUT2D eigenvalue weighted by atomic mass is 32.2. The van der Waals surface area contributed by atoms with Crippen molar-refractivity contribution in [2.45, 2.75) is 37.4 Å². The first-order chi connectivity index (χ1) is 8.63. The molecule has 1 rings (SSSR count). The van der Waals surface area contributed by atoms with Gasteiger partial charge in [0.2, 0.25) is 0 Å². The van der Waals surface area contributed by atoms with Crippen LogP contribution in [-0.4, -0.2) is 35.0 Å². The minimum absolute atomic E-state index is 0.0665. The highest BCUT2D eigenvalue weighted by Gasteiger charge is 2.10. The zero-order valence-electron chi connectivity index (χ0n) is 10.8. The lowest BCUT2D eigenvalue weighted by molar-refractivity contribution is -0.136. The van der Waals surface area contributed by atoms with E-state index in [0.717, 1.165) is 46.7 Å². The zero-order chi connectivity index (χ0) is 13.4. The Morgan fingerprint density at radius 2 is 2.28 bits per heavy atom. The zero-order valence-corrected chi connectivity index (χ0v) is 12.4. The average molecular weight is 289 g/mol. The quantitative estimate of drug-likeness (QED) is 0.559. The number of unbranched alkanes of at least 4 members (excludes halogenated alkanes) is 1. The summed E-state index contributed by atoms with van der Waals surface area (Å²) in [5.74, 6) is 0.0598. The van der Waals surface area contributed by atoms with Crippen molar-refractivity contribution in [3.8, 4) is 0 Å². The minimum atomic E-state index is -0.804. The van der Waals surface area contributed by atoms with E-state index in [1.165, 1.54) is 11.3 Å². The lowest BCUT2D eigenvalue weighted by atomic mass is 10.3. The third kappa shape index (κ3) is 5.84. The first-order valence-corrected chi connectivity index (χ1v) is 7.82. The molecule has 1 aromatic rings. The molecule has 0 fully saturated rings. The maximum atomic E-state index is 10.6. The number of thioether (sulfide) groups is 1. The molecule has 0 spiro atoms. The van der Waals surface area contributed by atoms with Crippen LogP contribution >= 0.6 is 23.1 Å². The van der Waals surface area contributed by atoms with Gasteiger partial charge in [-0.1, -0.05) is 25.1 Å². The van der Waals surface area contributed by atoms with Gasteiger partial charge in [0.25, 0.3) is 0 Å². The van der Waals surface area contributed by atoms with Crippen molar-refractivity contribution in [2.24, 2.45) is 0 Å². The van der Waals surface area contributed by atoms with Crippen LogP contribution in [0.2, 0.25) is 0 Å². The van der Waals surface area contributed by atoms with E-state index in [-0.39, 0.29) is 6.42 Å². The molecule has 4 nitrogen and oxygen atoms in total. The van der Waals surface area contributed by atoms with Crippen molar-refractivity contribution < 1.29 is 14.6 Å². The standard InChI is InChI=1S/C12H19NO3S2/c1-3-4-5-16-6-7-17-12-13-9(2)10(18-12)8-11(14)15/h3-8H2,1-2H3,(H,14,15). The van der Waals surface area contributed by atoms with Crippen LogP contribution < -0.4 is 0 Å². The predicted octanol–water partition coefficient (Wildman–Crippen LogP) is 2.99. The number of carboxylic acids is 1. The highest BCUT2D eigenvalue weighted by Crippen LogP contribution is 2.27.